The molecule has 4 rings (SSSR count). The predicted molar refractivity (Wildman–Crippen MR) is 175 cm³/mol. The smallest absolute Gasteiger partial charge is 0.306 e. The Morgan fingerprint density at radius 2 is 1.74 bits per heavy atom. The molecule has 10 nitrogen and oxygen atoms in total. The summed E-state index contributed by atoms with van der Waals surface area (Å²) in [5.41, 5.74) is 0.0742. The minimum Gasteiger partial charge on any atom is -0.497 e. The van der Waals surface area contributed by atoms with Crippen LogP contribution >= 0.6 is 0 Å². The maximum absolute atomic E-state index is 14.4. The van der Waals surface area contributed by atoms with Gasteiger partial charge in [0.15, 0.2) is 11.6 Å². The zero-order valence-corrected chi connectivity index (χ0v) is 27.2. The van der Waals surface area contributed by atoms with E-state index in [1.807, 2.05) is 48.5 Å². The molecule has 0 saturated heterocycles. The second-order valence-electron chi connectivity index (χ2n) is 12.0. The number of amides is 1. The standard InChI is InChI=1S/C36H44N2O8/c1-35(2,3)46-31(40)18-20-36(34(41)37-21-19-25-10-6-7-13-30(25)43-5)32(27-11-8-12-29(24-27)42-4)45-33(38-36)26-14-16-28(17-15-26)44-23-9-22-39/h6-8,10-17,24,32,39H,9,18-23H2,1-5H3,(H,37,41)/t32-,36-/m1/s1. The van der Waals surface area contributed by atoms with E-state index in [0.29, 0.717) is 48.6 Å². The molecular weight excluding hydrogens is 588 g/mol. The Morgan fingerprint density at radius 1 is 0.978 bits per heavy atom. The fraction of sp³-hybridized carbons (Fsp3) is 0.417. The van der Waals surface area contributed by atoms with E-state index in [0.717, 1.165) is 11.3 Å². The highest BCUT2D eigenvalue weighted by atomic mass is 16.6. The largest absolute Gasteiger partial charge is 0.497 e. The van der Waals surface area contributed by atoms with Gasteiger partial charge in [0.1, 0.15) is 22.8 Å². The number of para-hydroxylation sites is 1. The molecule has 46 heavy (non-hydrogen) atoms. The minimum absolute atomic E-state index is 0.0378. The molecule has 0 aromatic heterocycles. The summed E-state index contributed by atoms with van der Waals surface area (Å²) >= 11 is 0. The third kappa shape index (κ3) is 8.78. The van der Waals surface area contributed by atoms with Crippen molar-refractivity contribution in [2.75, 3.05) is 34.0 Å². The molecule has 0 aliphatic carbocycles. The number of esters is 1. The number of carbonyl (C=O) groups excluding carboxylic acids is 2. The highest BCUT2D eigenvalue weighted by Crippen LogP contribution is 2.44. The number of hydrogen-bond acceptors (Lipinski definition) is 9. The Labute approximate surface area is 270 Å². The van der Waals surface area contributed by atoms with Crippen molar-refractivity contribution in [3.8, 4) is 17.2 Å². The van der Waals surface area contributed by atoms with Gasteiger partial charge in [-0.15, -0.1) is 0 Å². The van der Waals surface area contributed by atoms with Crippen LogP contribution in [0.1, 0.15) is 62.8 Å². The zero-order valence-electron chi connectivity index (χ0n) is 27.2. The van der Waals surface area contributed by atoms with E-state index in [9.17, 15) is 9.59 Å². The van der Waals surface area contributed by atoms with E-state index in [2.05, 4.69) is 5.32 Å². The molecule has 0 fully saturated rings. The van der Waals surface area contributed by atoms with Gasteiger partial charge in [-0.1, -0.05) is 30.3 Å². The van der Waals surface area contributed by atoms with Gasteiger partial charge in [-0.3, -0.25) is 9.59 Å². The Morgan fingerprint density at radius 3 is 2.43 bits per heavy atom. The van der Waals surface area contributed by atoms with Crippen LogP contribution in [0.3, 0.4) is 0 Å². The van der Waals surface area contributed by atoms with E-state index in [-0.39, 0.29) is 31.3 Å². The maximum atomic E-state index is 14.4. The Balaban J connectivity index is 1.71. The van der Waals surface area contributed by atoms with E-state index in [1.54, 1.807) is 59.3 Å². The Bertz CT molecular complexity index is 1500. The van der Waals surface area contributed by atoms with Gasteiger partial charge in [-0.25, -0.2) is 4.99 Å². The molecule has 10 heteroatoms. The number of aliphatic hydroxyl groups is 1. The monoisotopic (exact) mass is 632 g/mol. The zero-order chi connectivity index (χ0) is 33.2. The van der Waals surface area contributed by atoms with Gasteiger partial charge in [-0.2, -0.15) is 0 Å². The quantitative estimate of drug-likeness (QED) is 0.173. The second-order valence-corrected chi connectivity index (χ2v) is 12.0. The highest BCUT2D eigenvalue weighted by Gasteiger charge is 2.53. The summed E-state index contributed by atoms with van der Waals surface area (Å²) in [5.74, 6) is 1.41. The van der Waals surface area contributed by atoms with Crippen molar-refractivity contribution in [2.24, 2.45) is 4.99 Å². The topological polar surface area (TPSA) is 125 Å². The highest BCUT2D eigenvalue weighted by molar-refractivity contribution is 6.01. The third-order valence-corrected chi connectivity index (χ3v) is 7.43. The lowest BCUT2D eigenvalue weighted by Gasteiger charge is -2.31. The number of rotatable bonds is 15. The average molecular weight is 633 g/mol. The SMILES string of the molecule is COc1cccc([C@H]2OC(c3ccc(OCCCO)cc3)=N[C@@]2(CCC(=O)OC(C)(C)C)C(=O)NCCc2ccccc2OC)c1. The van der Waals surface area contributed by atoms with Crippen molar-refractivity contribution < 1.29 is 38.4 Å². The van der Waals surface area contributed by atoms with Gasteiger partial charge in [0, 0.05) is 31.6 Å². The lowest BCUT2D eigenvalue weighted by atomic mass is 9.83. The molecular formula is C36H44N2O8. The molecule has 0 radical (unpaired) electrons. The van der Waals surface area contributed by atoms with Crippen molar-refractivity contribution in [1.29, 1.82) is 0 Å². The molecule has 1 aliphatic heterocycles. The second kappa shape index (κ2) is 15.6. The van der Waals surface area contributed by atoms with Crippen LogP contribution in [0.4, 0.5) is 0 Å². The molecule has 3 aromatic rings. The molecule has 1 aliphatic rings. The summed E-state index contributed by atoms with van der Waals surface area (Å²) in [6.07, 6.45) is 0.154. The lowest BCUT2D eigenvalue weighted by Crippen LogP contribution is -2.49. The number of methoxy groups -OCH3 is 2. The fourth-order valence-electron chi connectivity index (χ4n) is 5.23. The number of nitrogens with one attached hydrogen (secondary N) is 1. The summed E-state index contributed by atoms with van der Waals surface area (Å²) in [7, 11) is 3.18. The number of hydrogen-bond donors (Lipinski definition) is 2. The van der Waals surface area contributed by atoms with Crippen molar-refractivity contribution in [1.82, 2.24) is 5.32 Å². The molecule has 1 amide bonds. The van der Waals surface area contributed by atoms with Crippen LogP contribution in [-0.4, -0.2) is 68.0 Å². The first kappa shape index (κ1) is 34.3. The summed E-state index contributed by atoms with van der Waals surface area (Å²) in [6, 6.07) is 22.1. The van der Waals surface area contributed by atoms with Gasteiger partial charge in [-0.05, 0) is 87.2 Å². The summed E-state index contributed by atoms with van der Waals surface area (Å²) < 4.78 is 28.8. The number of nitrogens with zero attached hydrogens (tertiary/aromatic N) is 1. The first-order chi connectivity index (χ1) is 22.1. The van der Waals surface area contributed by atoms with Gasteiger partial charge in [0.2, 0.25) is 5.90 Å². The summed E-state index contributed by atoms with van der Waals surface area (Å²) in [6.45, 7) is 6.14. The molecule has 246 valence electrons. The summed E-state index contributed by atoms with van der Waals surface area (Å²) in [5, 5.41) is 12.1. The number of benzene rings is 3. The average Bonchev–Trinajstić information content (AvgIpc) is 3.44. The van der Waals surface area contributed by atoms with Crippen LogP contribution in [0.5, 0.6) is 17.2 Å². The van der Waals surface area contributed by atoms with E-state index >= 15 is 0 Å². The molecule has 3 aromatic carbocycles. The fourth-order valence-corrected chi connectivity index (χ4v) is 5.23. The molecule has 0 bridgehead atoms. The van der Waals surface area contributed by atoms with Crippen LogP contribution in [-0.2, 0) is 25.5 Å². The first-order valence-electron chi connectivity index (χ1n) is 15.4. The summed E-state index contributed by atoms with van der Waals surface area (Å²) in [4.78, 5) is 32.3. The molecule has 1 heterocycles. The third-order valence-electron chi connectivity index (χ3n) is 7.43. The van der Waals surface area contributed by atoms with Crippen LogP contribution < -0.4 is 19.5 Å². The van der Waals surface area contributed by atoms with Gasteiger partial charge in [0.25, 0.3) is 5.91 Å². The van der Waals surface area contributed by atoms with Crippen molar-refractivity contribution in [3.63, 3.8) is 0 Å². The minimum atomic E-state index is -1.50. The van der Waals surface area contributed by atoms with Crippen molar-refractivity contribution >= 4 is 17.8 Å². The van der Waals surface area contributed by atoms with Crippen molar-refractivity contribution in [3.05, 3.63) is 89.5 Å². The Hall–Kier alpha value is -4.57. The Kier molecular flexibility index (Phi) is 11.7. The lowest BCUT2D eigenvalue weighted by molar-refractivity contribution is -0.155. The van der Waals surface area contributed by atoms with Crippen LogP contribution in [0.25, 0.3) is 0 Å². The van der Waals surface area contributed by atoms with Crippen LogP contribution in [0.15, 0.2) is 77.8 Å². The van der Waals surface area contributed by atoms with E-state index < -0.39 is 23.2 Å². The van der Waals surface area contributed by atoms with E-state index in [4.69, 9.17) is 33.8 Å². The van der Waals surface area contributed by atoms with Gasteiger partial charge < -0.3 is 34.1 Å². The van der Waals surface area contributed by atoms with Gasteiger partial charge in [0.05, 0.1) is 20.8 Å². The van der Waals surface area contributed by atoms with Crippen LogP contribution in [0, 0.1) is 0 Å². The first-order valence-corrected chi connectivity index (χ1v) is 15.4. The van der Waals surface area contributed by atoms with Gasteiger partial charge >= 0.3 is 5.97 Å². The van der Waals surface area contributed by atoms with Crippen molar-refractivity contribution in [2.45, 2.75) is 63.7 Å². The molecule has 2 N–H and O–H groups in total. The normalized spacial score (nSPS) is 17.4. The number of aliphatic hydroxyl groups excluding tert-OH is 1. The predicted octanol–water partition coefficient (Wildman–Crippen LogP) is 5.20. The molecule has 2 atom stereocenters. The van der Waals surface area contributed by atoms with E-state index in [1.165, 1.54) is 0 Å². The molecule has 0 unspecified atom stereocenters. The number of aliphatic imine (C=N–C) groups is 1. The molecule has 0 spiro atoms. The molecule has 0 saturated carbocycles. The number of carbonyl (C=O) groups is 2. The van der Waals surface area contributed by atoms with Crippen LogP contribution in [0.2, 0.25) is 0 Å². The number of ether oxygens (including phenoxy) is 5. The maximum Gasteiger partial charge on any atom is 0.306 e.